The lowest BCUT2D eigenvalue weighted by Gasteiger charge is -2.10. The first-order valence-electron chi connectivity index (χ1n) is 6.27. The van der Waals surface area contributed by atoms with E-state index in [0.717, 1.165) is 18.4 Å². The standard InChI is InChI=1S/C11H14N6O2/c12-11-15-9(14-6-1-2-6)8-10(16-11)17(4-13-8)7-3-18-5-19-7/h4,6-7H,1-3,5H2,(H3,12,14,15,16)/t7-/m1/s1. The number of nitrogens with one attached hydrogen (secondary N) is 1. The van der Waals surface area contributed by atoms with Gasteiger partial charge in [0.05, 0.1) is 12.9 Å². The summed E-state index contributed by atoms with van der Waals surface area (Å²) in [6.45, 7) is 0.777. The summed E-state index contributed by atoms with van der Waals surface area (Å²) in [7, 11) is 0. The van der Waals surface area contributed by atoms with Crippen molar-refractivity contribution < 1.29 is 9.47 Å². The highest BCUT2D eigenvalue weighted by Crippen LogP contribution is 2.29. The molecule has 19 heavy (non-hydrogen) atoms. The number of nitrogens with two attached hydrogens (primary N) is 1. The van der Waals surface area contributed by atoms with Gasteiger partial charge in [-0.25, -0.2) is 4.98 Å². The Labute approximate surface area is 108 Å². The van der Waals surface area contributed by atoms with E-state index in [1.807, 2.05) is 4.57 Å². The fraction of sp³-hybridized carbons (Fsp3) is 0.545. The van der Waals surface area contributed by atoms with E-state index in [0.29, 0.717) is 24.1 Å². The average Bonchev–Trinajstić information content (AvgIpc) is 2.91. The van der Waals surface area contributed by atoms with Crippen molar-refractivity contribution in [3.8, 4) is 0 Å². The SMILES string of the molecule is Nc1nc(NC2CC2)c2ncn([C@H]3COCO3)c2n1. The van der Waals surface area contributed by atoms with Gasteiger partial charge in [-0.05, 0) is 12.8 Å². The summed E-state index contributed by atoms with van der Waals surface area (Å²) < 4.78 is 12.5. The Morgan fingerprint density at radius 2 is 2.26 bits per heavy atom. The van der Waals surface area contributed by atoms with Gasteiger partial charge in [-0.1, -0.05) is 0 Å². The van der Waals surface area contributed by atoms with Crippen LogP contribution in [0.3, 0.4) is 0 Å². The predicted octanol–water partition coefficient (Wildman–Crippen LogP) is 0.486. The number of nitrogen functional groups attached to an aromatic ring is 1. The molecule has 0 radical (unpaired) electrons. The highest BCUT2D eigenvalue weighted by atomic mass is 16.7. The maximum absolute atomic E-state index is 5.77. The molecule has 1 aliphatic carbocycles. The molecule has 0 bridgehead atoms. The molecule has 1 aliphatic heterocycles. The summed E-state index contributed by atoms with van der Waals surface area (Å²) >= 11 is 0. The highest BCUT2D eigenvalue weighted by molar-refractivity contribution is 5.84. The van der Waals surface area contributed by atoms with Crippen molar-refractivity contribution in [2.75, 3.05) is 24.5 Å². The summed E-state index contributed by atoms with van der Waals surface area (Å²) in [6.07, 6.45) is 3.81. The van der Waals surface area contributed by atoms with E-state index in [1.165, 1.54) is 0 Å². The van der Waals surface area contributed by atoms with Crippen LogP contribution in [0.25, 0.3) is 11.2 Å². The Morgan fingerprint density at radius 3 is 3.00 bits per heavy atom. The third kappa shape index (κ3) is 1.89. The van der Waals surface area contributed by atoms with Gasteiger partial charge in [0.2, 0.25) is 5.95 Å². The summed E-state index contributed by atoms with van der Waals surface area (Å²) in [5.74, 6) is 0.930. The lowest BCUT2D eigenvalue weighted by molar-refractivity contribution is 0.0248. The molecule has 0 amide bonds. The van der Waals surface area contributed by atoms with Gasteiger partial charge in [0.25, 0.3) is 0 Å². The van der Waals surface area contributed by atoms with Crippen LogP contribution in [0.4, 0.5) is 11.8 Å². The quantitative estimate of drug-likeness (QED) is 0.830. The van der Waals surface area contributed by atoms with Crippen LogP contribution >= 0.6 is 0 Å². The number of rotatable bonds is 3. The smallest absolute Gasteiger partial charge is 0.224 e. The van der Waals surface area contributed by atoms with E-state index in [-0.39, 0.29) is 19.0 Å². The van der Waals surface area contributed by atoms with Crippen molar-refractivity contribution in [1.29, 1.82) is 0 Å². The van der Waals surface area contributed by atoms with E-state index >= 15 is 0 Å². The number of nitrogens with zero attached hydrogens (tertiary/aromatic N) is 4. The van der Waals surface area contributed by atoms with Crippen LogP contribution in [0.2, 0.25) is 0 Å². The molecular formula is C11H14N6O2. The number of anilines is 2. The summed E-state index contributed by atoms with van der Waals surface area (Å²) in [5, 5.41) is 3.32. The van der Waals surface area contributed by atoms with Gasteiger partial charge in [-0.15, -0.1) is 0 Å². The monoisotopic (exact) mass is 262 g/mol. The third-order valence-electron chi connectivity index (χ3n) is 3.27. The molecule has 8 heteroatoms. The minimum absolute atomic E-state index is 0.201. The van der Waals surface area contributed by atoms with Gasteiger partial charge in [0, 0.05) is 6.04 Å². The molecule has 4 rings (SSSR count). The average molecular weight is 262 g/mol. The lowest BCUT2D eigenvalue weighted by Crippen LogP contribution is -2.11. The number of fused-ring (bicyclic) bond motifs is 1. The highest BCUT2D eigenvalue weighted by Gasteiger charge is 2.26. The van der Waals surface area contributed by atoms with Crippen molar-refractivity contribution in [2.24, 2.45) is 0 Å². The molecule has 2 aliphatic rings. The van der Waals surface area contributed by atoms with Crippen LogP contribution in [0, 0.1) is 0 Å². The second-order valence-corrected chi connectivity index (χ2v) is 4.78. The second-order valence-electron chi connectivity index (χ2n) is 4.78. The molecule has 0 aromatic carbocycles. The van der Waals surface area contributed by atoms with Crippen LogP contribution in [-0.4, -0.2) is 39.0 Å². The van der Waals surface area contributed by atoms with E-state index in [4.69, 9.17) is 15.2 Å². The Kier molecular flexibility index (Phi) is 2.32. The first-order chi connectivity index (χ1) is 9.31. The van der Waals surface area contributed by atoms with Gasteiger partial charge in [0.1, 0.15) is 6.79 Å². The second kappa shape index (κ2) is 4.04. The van der Waals surface area contributed by atoms with Gasteiger partial charge >= 0.3 is 0 Å². The third-order valence-corrected chi connectivity index (χ3v) is 3.27. The lowest BCUT2D eigenvalue weighted by atomic mass is 10.4. The number of imidazole rings is 1. The van der Waals surface area contributed by atoms with Crippen LogP contribution in [0.15, 0.2) is 6.33 Å². The summed E-state index contributed by atoms with van der Waals surface area (Å²) in [4.78, 5) is 12.9. The van der Waals surface area contributed by atoms with Crippen molar-refractivity contribution >= 4 is 22.9 Å². The van der Waals surface area contributed by atoms with Crippen molar-refractivity contribution in [2.45, 2.75) is 25.1 Å². The van der Waals surface area contributed by atoms with Gasteiger partial charge in [-0.2, -0.15) is 9.97 Å². The largest absolute Gasteiger partial charge is 0.368 e. The van der Waals surface area contributed by atoms with E-state index in [9.17, 15) is 0 Å². The van der Waals surface area contributed by atoms with Crippen LogP contribution in [0.1, 0.15) is 19.1 Å². The molecule has 0 unspecified atom stereocenters. The number of ether oxygens (including phenoxy) is 2. The van der Waals surface area contributed by atoms with Gasteiger partial charge in [0.15, 0.2) is 23.2 Å². The maximum Gasteiger partial charge on any atom is 0.224 e. The zero-order valence-corrected chi connectivity index (χ0v) is 10.2. The minimum atomic E-state index is -0.201. The fourth-order valence-corrected chi connectivity index (χ4v) is 2.15. The molecular weight excluding hydrogens is 248 g/mol. The molecule has 1 saturated carbocycles. The molecule has 8 nitrogen and oxygen atoms in total. The minimum Gasteiger partial charge on any atom is -0.368 e. The summed E-state index contributed by atoms with van der Waals surface area (Å²) in [6, 6.07) is 0.480. The fourth-order valence-electron chi connectivity index (χ4n) is 2.15. The Balaban J connectivity index is 1.80. The van der Waals surface area contributed by atoms with E-state index in [2.05, 4.69) is 20.3 Å². The van der Waals surface area contributed by atoms with Crippen molar-refractivity contribution in [1.82, 2.24) is 19.5 Å². The maximum atomic E-state index is 5.77. The van der Waals surface area contributed by atoms with E-state index < -0.39 is 0 Å². The first-order valence-corrected chi connectivity index (χ1v) is 6.27. The van der Waals surface area contributed by atoms with Crippen molar-refractivity contribution in [3.63, 3.8) is 0 Å². The van der Waals surface area contributed by atoms with Gasteiger partial charge < -0.3 is 20.5 Å². The molecule has 2 aromatic rings. The van der Waals surface area contributed by atoms with Crippen LogP contribution < -0.4 is 11.1 Å². The van der Waals surface area contributed by atoms with E-state index in [1.54, 1.807) is 6.33 Å². The predicted molar refractivity (Wildman–Crippen MR) is 67.3 cm³/mol. The molecule has 3 heterocycles. The number of hydrogen-bond donors (Lipinski definition) is 2. The van der Waals surface area contributed by atoms with Crippen LogP contribution in [0.5, 0.6) is 0 Å². The number of aromatic nitrogens is 4. The molecule has 2 fully saturated rings. The zero-order valence-electron chi connectivity index (χ0n) is 10.2. The molecule has 1 saturated heterocycles. The molecule has 2 aromatic heterocycles. The topological polar surface area (TPSA) is 100 Å². The zero-order chi connectivity index (χ0) is 12.8. The summed E-state index contributed by atoms with van der Waals surface area (Å²) in [5.41, 5.74) is 7.16. The normalized spacial score (nSPS) is 23.1. The Hall–Kier alpha value is -1.93. The number of hydrogen-bond acceptors (Lipinski definition) is 7. The molecule has 3 N–H and O–H groups in total. The molecule has 100 valence electrons. The Bertz CT molecular complexity index is 617. The van der Waals surface area contributed by atoms with Crippen LogP contribution in [-0.2, 0) is 9.47 Å². The molecule has 1 atom stereocenters. The molecule has 0 spiro atoms. The first kappa shape index (κ1) is 10.9. The van der Waals surface area contributed by atoms with Gasteiger partial charge in [-0.3, -0.25) is 4.57 Å². The van der Waals surface area contributed by atoms with Crippen molar-refractivity contribution in [3.05, 3.63) is 6.33 Å². The Morgan fingerprint density at radius 1 is 1.37 bits per heavy atom.